The van der Waals surface area contributed by atoms with E-state index in [0.717, 1.165) is 11.4 Å². The molecular weight excluding hydrogens is 456 g/mol. The summed E-state index contributed by atoms with van der Waals surface area (Å²) >= 11 is 0. The number of benzene rings is 1. The van der Waals surface area contributed by atoms with Gasteiger partial charge in [-0.1, -0.05) is 6.07 Å². The van der Waals surface area contributed by atoms with Crippen LogP contribution in [0.1, 0.15) is 28.7 Å². The predicted octanol–water partition coefficient (Wildman–Crippen LogP) is 1.46. The summed E-state index contributed by atoms with van der Waals surface area (Å²) < 4.78 is 34.9. The minimum Gasteiger partial charge on any atom is -0.379 e. The fraction of sp³-hybridized carbons (Fsp3) is 0.500. The van der Waals surface area contributed by atoms with Crippen molar-refractivity contribution in [1.82, 2.24) is 18.7 Å². The number of ketones is 1. The lowest BCUT2D eigenvalue weighted by atomic mass is 10.1. The number of aryl methyl sites for hydroxylation is 1. The summed E-state index contributed by atoms with van der Waals surface area (Å²) in [5.41, 5.74) is 2.99. The summed E-state index contributed by atoms with van der Waals surface area (Å²) in [6.07, 6.45) is 0. The Bertz CT molecular complexity index is 1180. The Morgan fingerprint density at radius 3 is 2.29 bits per heavy atom. The van der Waals surface area contributed by atoms with Crippen molar-refractivity contribution in [1.29, 1.82) is 0 Å². The number of hydrogen-bond donors (Lipinski definition) is 0. The fourth-order valence-electron chi connectivity index (χ4n) is 4.67. The van der Waals surface area contributed by atoms with Crippen molar-refractivity contribution in [3.05, 3.63) is 47.3 Å². The van der Waals surface area contributed by atoms with Gasteiger partial charge in [-0.2, -0.15) is 4.31 Å². The largest absolute Gasteiger partial charge is 0.379 e. The summed E-state index contributed by atoms with van der Waals surface area (Å²) in [4.78, 5) is 28.8. The molecular formula is C24H32N4O5S. The molecule has 9 nitrogen and oxygen atoms in total. The van der Waals surface area contributed by atoms with Crippen molar-refractivity contribution in [2.24, 2.45) is 0 Å². The molecule has 3 heterocycles. The van der Waals surface area contributed by atoms with Crippen LogP contribution >= 0.6 is 0 Å². The van der Waals surface area contributed by atoms with Gasteiger partial charge in [0.15, 0.2) is 5.78 Å². The standard InChI is InChI=1S/C24H32N4O5S/c1-18-15-23(24(30)17-25-7-9-26(10-8-25)20(3)29)19(2)28(18)21-5-4-6-22(16-21)34(31,32)27-11-13-33-14-12-27/h4-6,15-16H,7-14,17H2,1-3H3. The van der Waals surface area contributed by atoms with E-state index < -0.39 is 10.0 Å². The first kappa shape index (κ1) is 24.6. The number of morpholine rings is 1. The summed E-state index contributed by atoms with van der Waals surface area (Å²) in [5, 5.41) is 0. The number of carbonyl (C=O) groups is 2. The number of Topliss-reactive ketones (excluding diaryl/α,β-unsaturated/α-hetero) is 1. The number of sulfonamides is 1. The van der Waals surface area contributed by atoms with Crippen LogP contribution in [0.25, 0.3) is 5.69 Å². The van der Waals surface area contributed by atoms with Gasteiger partial charge in [0.05, 0.1) is 24.7 Å². The van der Waals surface area contributed by atoms with Crippen molar-refractivity contribution < 1.29 is 22.7 Å². The zero-order chi connectivity index (χ0) is 24.5. The van der Waals surface area contributed by atoms with Crippen molar-refractivity contribution in [3.8, 4) is 5.69 Å². The molecule has 1 aromatic carbocycles. The number of amides is 1. The Morgan fingerprint density at radius 1 is 0.971 bits per heavy atom. The molecule has 0 aliphatic carbocycles. The van der Waals surface area contributed by atoms with E-state index in [1.165, 1.54) is 4.31 Å². The summed E-state index contributed by atoms with van der Waals surface area (Å²) in [5.74, 6) is 0.0834. The van der Waals surface area contributed by atoms with E-state index in [0.29, 0.717) is 70.3 Å². The van der Waals surface area contributed by atoms with Crippen LogP contribution in [0.5, 0.6) is 0 Å². The quantitative estimate of drug-likeness (QED) is 0.572. The van der Waals surface area contributed by atoms with E-state index in [2.05, 4.69) is 4.90 Å². The smallest absolute Gasteiger partial charge is 0.243 e. The molecule has 0 radical (unpaired) electrons. The third-order valence-electron chi connectivity index (χ3n) is 6.60. The van der Waals surface area contributed by atoms with Gasteiger partial charge in [-0.3, -0.25) is 14.5 Å². The van der Waals surface area contributed by atoms with Crippen LogP contribution in [-0.4, -0.2) is 97.8 Å². The van der Waals surface area contributed by atoms with Crippen LogP contribution < -0.4 is 0 Å². The minimum absolute atomic E-state index is 0.0210. The zero-order valence-electron chi connectivity index (χ0n) is 20.0. The highest BCUT2D eigenvalue weighted by molar-refractivity contribution is 7.89. The first-order chi connectivity index (χ1) is 16.2. The van der Waals surface area contributed by atoms with Gasteiger partial charge in [0.1, 0.15) is 0 Å². The van der Waals surface area contributed by atoms with Crippen molar-refractivity contribution in [3.63, 3.8) is 0 Å². The number of hydrogen-bond acceptors (Lipinski definition) is 6. The molecule has 0 atom stereocenters. The lowest BCUT2D eigenvalue weighted by molar-refractivity contribution is -0.130. The lowest BCUT2D eigenvalue weighted by Gasteiger charge is -2.33. The van der Waals surface area contributed by atoms with Crippen LogP contribution in [0.4, 0.5) is 0 Å². The summed E-state index contributed by atoms with van der Waals surface area (Å²) in [6, 6.07) is 8.73. The van der Waals surface area contributed by atoms with Crippen LogP contribution in [0.3, 0.4) is 0 Å². The number of aromatic nitrogens is 1. The average Bonchev–Trinajstić information content (AvgIpc) is 3.14. The molecule has 1 amide bonds. The van der Waals surface area contributed by atoms with E-state index >= 15 is 0 Å². The molecule has 2 aliphatic rings. The maximum absolute atomic E-state index is 13.1. The van der Waals surface area contributed by atoms with Gasteiger partial charge in [0.25, 0.3) is 0 Å². The number of ether oxygens (including phenoxy) is 1. The predicted molar refractivity (Wildman–Crippen MR) is 128 cm³/mol. The third kappa shape index (κ3) is 4.95. The number of carbonyl (C=O) groups excluding carboxylic acids is 2. The average molecular weight is 489 g/mol. The van der Waals surface area contributed by atoms with Crippen LogP contribution in [0.2, 0.25) is 0 Å². The topological polar surface area (TPSA) is 92.2 Å². The molecule has 2 fully saturated rings. The molecule has 0 bridgehead atoms. The molecule has 0 saturated carbocycles. The van der Waals surface area contributed by atoms with E-state index in [4.69, 9.17) is 4.74 Å². The summed E-state index contributed by atoms with van der Waals surface area (Å²) in [6.45, 7) is 9.73. The van der Waals surface area contributed by atoms with Crippen LogP contribution in [0.15, 0.2) is 35.2 Å². The van der Waals surface area contributed by atoms with Crippen LogP contribution in [-0.2, 0) is 19.6 Å². The van der Waals surface area contributed by atoms with Gasteiger partial charge in [-0.25, -0.2) is 8.42 Å². The highest BCUT2D eigenvalue weighted by atomic mass is 32.2. The molecule has 2 saturated heterocycles. The normalized spacial score (nSPS) is 18.3. The first-order valence-electron chi connectivity index (χ1n) is 11.6. The highest BCUT2D eigenvalue weighted by Gasteiger charge is 2.27. The third-order valence-corrected chi connectivity index (χ3v) is 8.49. The van der Waals surface area contributed by atoms with Gasteiger partial charge in [-0.15, -0.1) is 0 Å². The molecule has 34 heavy (non-hydrogen) atoms. The Hall–Kier alpha value is -2.53. The Balaban J connectivity index is 1.54. The van der Waals surface area contributed by atoms with Gasteiger partial charge < -0.3 is 14.2 Å². The Labute approximate surface area is 200 Å². The van der Waals surface area contributed by atoms with Gasteiger partial charge in [0, 0.05) is 68.8 Å². The Morgan fingerprint density at radius 2 is 1.65 bits per heavy atom. The molecule has 184 valence electrons. The number of rotatable bonds is 6. The second-order valence-corrected chi connectivity index (χ2v) is 10.8. The van der Waals surface area contributed by atoms with Crippen molar-refractivity contribution >= 4 is 21.7 Å². The van der Waals surface area contributed by atoms with Gasteiger partial charge in [0.2, 0.25) is 15.9 Å². The maximum Gasteiger partial charge on any atom is 0.243 e. The van der Waals surface area contributed by atoms with Gasteiger partial charge >= 0.3 is 0 Å². The second-order valence-electron chi connectivity index (χ2n) is 8.84. The molecule has 0 N–H and O–H groups in total. The molecule has 0 unspecified atom stereocenters. The van der Waals surface area contributed by atoms with E-state index in [1.54, 1.807) is 30.0 Å². The van der Waals surface area contributed by atoms with E-state index in [-0.39, 0.29) is 16.6 Å². The maximum atomic E-state index is 13.1. The van der Waals surface area contributed by atoms with E-state index in [1.807, 2.05) is 30.5 Å². The summed E-state index contributed by atoms with van der Waals surface area (Å²) in [7, 11) is -3.62. The monoisotopic (exact) mass is 488 g/mol. The Kier molecular flexibility index (Phi) is 7.22. The lowest BCUT2D eigenvalue weighted by Crippen LogP contribution is -2.49. The second kappa shape index (κ2) is 9.99. The molecule has 10 heteroatoms. The molecule has 2 aliphatic heterocycles. The molecule has 0 spiro atoms. The molecule has 2 aromatic rings. The number of nitrogens with zero attached hydrogens (tertiary/aromatic N) is 4. The highest BCUT2D eigenvalue weighted by Crippen LogP contribution is 2.25. The fourth-order valence-corrected chi connectivity index (χ4v) is 6.12. The van der Waals surface area contributed by atoms with Crippen molar-refractivity contribution in [2.45, 2.75) is 25.7 Å². The van der Waals surface area contributed by atoms with E-state index in [9.17, 15) is 18.0 Å². The SMILES string of the molecule is CC(=O)N1CCN(CC(=O)c2cc(C)n(-c3cccc(S(=O)(=O)N4CCOCC4)c3)c2C)CC1. The molecule has 4 rings (SSSR count). The first-order valence-corrected chi connectivity index (χ1v) is 13.0. The van der Waals surface area contributed by atoms with Crippen molar-refractivity contribution in [2.75, 3.05) is 59.0 Å². The minimum atomic E-state index is -3.62. The van der Waals surface area contributed by atoms with Gasteiger partial charge in [-0.05, 0) is 38.1 Å². The molecule has 1 aromatic heterocycles. The van der Waals surface area contributed by atoms with Crippen LogP contribution in [0, 0.1) is 13.8 Å². The number of piperazine rings is 1. The zero-order valence-corrected chi connectivity index (χ0v) is 20.8.